The van der Waals surface area contributed by atoms with Crippen LogP contribution in [0.5, 0.6) is 0 Å². The topological polar surface area (TPSA) is 112 Å². The van der Waals surface area contributed by atoms with Gasteiger partial charge in [0.2, 0.25) is 0 Å². The van der Waals surface area contributed by atoms with Gasteiger partial charge in [-0.05, 0) is 31.1 Å². The normalized spacial score (nSPS) is 16.0. The lowest BCUT2D eigenvalue weighted by Gasteiger charge is -2.20. The van der Waals surface area contributed by atoms with E-state index in [9.17, 15) is 9.59 Å². The van der Waals surface area contributed by atoms with Crippen LogP contribution in [0.25, 0.3) is 0 Å². The fourth-order valence-electron chi connectivity index (χ4n) is 2.47. The van der Waals surface area contributed by atoms with Gasteiger partial charge < -0.3 is 17.2 Å². The Hall–Kier alpha value is -0.780. The van der Waals surface area contributed by atoms with Crippen molar-refractivity contribution in [2.24, 2.45) is 35.0 Å². The molecule has 124 valence electrons. The first-order chi connectivity index (χ1) is 9.68. The first-order valence-corrected chi connectivity index (χ1v) is 7.96. The highest BCUT2D eigenvalue weighted by atomic mass is 16.2. The van der Waals surface area contributed by atoms with E-state index in [1.165, 1.54) is 0 Å². The summed E-state index contributed by atoms with van der Waals surface area (Å²) in [5.74, 6) is -0.352. The number of ketones is 2. The van der Waals surface area contributed by atoms with Gasteiger partial charge in [-0.3, -0.25) is 9.59 Å². The monoisotopic (exact) mass is 299 g/mol. The third-order valence-electron chi connectivity index (χ3n) is 3.57. The summed E-state index contributed by atoms with van der Waals surface area (Å²) in [6.07, 6.45) is 2.49. The van der Waals surface area contributed by atoms with Gasteiger partial charge in [0.15, 0.2) is 5.78 Å². The van der Waals surface area contributed by atoms with Crippen LogP contribution in [0.1, 0.15) is 53.4 Å². The minimum absolute atomic E-state index is 0.0378. The molecule has 0 aliphatic carbocycles. The Morgan fingerprint density at radius 1 is 0.952 bits per heavy atom. The minimum Gasteiger partial charge on any atom is -0.329 e. The maximum Gasteiger partial charge on any atom is 0.161 e. The second-order valence-electron chi connectivity index (χ2n) is 6.83. The second kappa shape index (κ2) is 10.0. The van der Waals surface area contributed by atoms with Crippen LogP contribution in [0.15, 0.2) is 0 Å². The van der Waals surface area contributed by atoms with E-state index in [1.54, 1.807) is 0 Å². The molecule has 0 aromatic carbocycles. The molecule has 0 aliphatic heterocycles. The van der Waals surface area contributed by atoms with E-state index in [-0.39, 0.29) is 30.1 Å². The fraction of sp³-hybridized carbons (Fsp3) is 0.875. The molecule has 0 rings (SSSR count). The zero-order valence-electron chi connectivity index (χ0n) is 14.0. The number of nitrogens with two attached hydrogens (primary N) is 3. The quantitative estimate of drug-likeness (QED) is 0.497. The Labute approximate surface area is 129 Å². The van der Waals surface area contributed by atoms with Gasteiger partial charge in [0.25, 0.3) is 0 Å². The largest absolute Gasteiger partial charge is 0.329 e. The molecule has 0 spiro atoms. The number of hydrogen-bond donors (Lipinski definition) is 3. The van der Waals surface area contributed by atoms with Crippen molar-refractivity contribution in [1.82, 2.24) is 0 Å². The number of Topliss-reactive ketones (excluding diaryl/α,β-unsaturated/α-hetero) is 2. The average Bonchev–Trinajstić information content (AvgIpc) is 2.34. The second-order valence-corrected chi connectivity index (χ2v) is 6.83. The third kappa shape index (κ3) is 8.29. The lowest BCUT2D eigenvalue weighted by molar-refractivity contribution is -0.133. The summed E-state index contributed by atoms with van der Waals surface area (Å²) in [6.45, 7) is 8.15. The standard InChI is InChI=1S/C16H33N3O2/c1-10(2)7-12(18)5-6-14(19)16(21)13(9-17)15(20)8-11(3)4/h10-14H,5-9,17-19H2,1-4H3. The first-order valence-electron chi connectivity index (χ1n) is 7.96. The predicted octanol–water partition coefficient (Wildman–Crippen LogP) is 1.23. The number of hydrogen-bond acceptors (Lipinski definition) is 5. The average molecular weight is 299 g/mol. The molecule has 21 heavy (non-hydrogen) atoms. The van der Waals surface area contributed by atoms with Crippen molar-refractivity contribution in [3.63, 3.8) is 0 Å². The predicted molar refractivity (Wildman–Crippen MR) is 86.7 cm³/mol. The van der Waals surface area contributed by atoms with Crippen molar-refractivity contribution in [1.29, 1.82) is 0 Å². The van der Waals surface area contributed by atoms with Gasteiger partial charge in [-0.25, -0.2) is 0 Å². The van der Waals surface area contributed by atoms with Gasteiger partial charge in [0.05, 0.1) is 12.0 Å². The molecule has 0 heterocycles. The molecule has 0 aliphatic rings. The summed E-state index contributed by atoms with van der Waals surface area (Å²) in [6, 6.07) is -0.598. The van der Waals surface area contributed by atoms with Crippen LogP contribution in [0.4, 0.5) is 0 Å². The summed E-state index contributed by atoms with van der Waals surface area (Å²) in [5.41, 5.74) is 17.5. The number of rotatable bonds is 11. The van der Waals surface area contributed by atoms with Gasteiger partial charge in [0.1, 0.15) is 5.78 Å². The van der Waals surface area contributed by atoms with Crippen LogP contribution in [-0.2, 0) is 9.59 Å². The van der Waals surface area contributed by atoms with Gasteiger partial charge in [-0.2, -0.15) is 0 Å². The van der Waals surface area contributed by atoms with Crippen molar-refractivity contribution < 1.29 is 9.59 Å². The van der Waals surface area contributed by atoms with Crippen LogP contribution >= 0.6 is 0 Å². The summed E-state index contributed by atoms with van der Waals surface area (Å²) in [7, 11) is 0. The van der Waals surface area contributed by atoms with Gasteiger partial charge in [-0.15, -0.1) is 0 Å². The number of carbonyl (C=O) groups is 2. The van der Waals surface area contributed by atoms with Crippen LogP contribution in [-0.4, -0.2) is 30.2 Å². The van der Waals surface area contributed by atoms with E-state index in [1.807, 2.05) is 13.8 Å². The molecule has 0 saturated heterocycles. The van der Waals surface area contributed by atoms with Crippen LogP contribution in [0.2, 0.25) is 0 Å². The zero-order chi connectivity index (χ0) is 16.6. The molecule has 0 aromatic rings. The van der Waals surface area contributed by atoms with Crippen molar-refractivity contribution >= 4 is 11.6 Å². The molecular weight excluding hydrogens is 266 g/mol. The third-order valence-corrected chi connectivity index (χ3v) is 3.57. The highest BCUT2D eigenvalue weighted by molar-refractivity contribution is 6.04. The van der Waals surface area contributed by atoms with Gasteiger partial charge in [-0.1, -0.05) is 27.7 Å². The molecule has 0 bridgehead atoms. The van der Waals surface area contributed by atoms with Crippen molar-refractivity contribution in [3.05, 3.63) is 0 Å². The van der Waals surface area contributed by atoms with E-state index < -0.39 is 12.0 Å². The van der Waals surface area contributed by atoms with E-state index >= 15 is 0 Å². The summed E-state index contributed by atoms with van der Waals surface area (Å²) >= 11 is 0. The Morgan fingerprint density at radius 2 is 1.52 bits per heavy atom. The molecule has 0 fully saturated rings. The fourth-order valence-corrected chi connectivity index (χ4v) is 2.47. The molecule has 5 heteroatoms. The van der Waals surface area contributed by atoms with E-state index in [2.05, 4.69) is 13.8 Å². The lowest BCUT2D eigenvalue weighted by atomic mass is 9.87. The van der Waals surface area contributed by atoms with Crippen LogP contribution in [0.3, 0.4) is 0 Å². The summed E-state index contributed by atoms with van der Waals surface area (Å²) < 4.78 is 0. The SMILES string of the molecule is CC(C)CC(=O)C(CN)C(=O)C(N)CCC(N)CC(C)C. The molecule has 5 nitrogen and oxygen atoms in total. The van der Waals surface area contributed by atoms with Crippen molar-refractivity contribution in [3.8, 4) is 0 Å². The molecular formula is C16H33N3O2. The molecule has 0 saturated carbocycles. The Bertz CT molecular complexity index is 329. The Kier molecular flexibility index (Phi) is 9.66. The Balaban J connectivity index is 4.42. The molecule has 3 atom stereocenters. The molecule has 0 amide bonds. The van der Waals surface area contributed by atoms with Gasteiger partial charge in [0, 0.05) is 19.0 Å². The highest BCUT2D eigenvalue weighted by Gasteiger charge is 2.29. The molecule has 0 radical (unpaired) electrons. The van der Waals surface area contributed by atoms with E-state index in [0.717, 1.165) is 6.42 Å². The minimum atomic E-state index is -0.760. The summed E-state index contributed by atoms with van der Waals surface area (Å²) in [5, 5.41) is 0. The van der Waals surface area contributed by atoms with Crippen molar-refractivity contribution in [2.75, 3.05) is 6.54 Å². The Morgan fingerprint density at radius 3 is 1.95 bits per heavy atom. The van der Waals surface area contributed by atoms with Crippen LogP contribution < -0.4 is 17.2 Å². The first kappa shape index (κ1) is 20.2. The summed E-state index contributed by atoms with van der Waals surface area (Å²) in [4.78, 5) is 24.3. The lowest BCUT2D eigenvalue weighted by Crippen LogP contribution is -2.43. The highest BCUT2D eigenvalue weighted by Crippen LogP contribution is 2.14. The number of carbonyl (C=O) groups excluding carboxylic acids is 2. The molecule has 6 N–H and O–H groups in total. The van der Waals surface area contributed by atoms with E-state index in [0.29, 0.717) is 25.2 Å². The van der Waals surface area contributed by atoms with Gasteiger partial charge >= 0.3 is 0 Å². The molecule has 3 unspecified atom stereocenters. The van der Waals surface area contributed by atoms with E-state index in [4.69, 9.17) is 17.2 Å². The smallest absolute Gasteiger partial charge is 0.161 e. The maximum atomic E-state index is 12.3. The zero-order valence-corrected chi connectivity index (χ0v) is 14.0. The van der Waals surface area contributed by atoms with Crippen LogP contribution in [0, 0.1) is 17.8 Å². The molecule has 0 aromatic heterocycles. The maximum absolute atomic E-state index is 12.3. The van der Waals surface area contributed by atoms with Crippen molar-refractivity contribution in [2.45, 2.75) is 65.5 Å².